The molecule has 0 bridgehead atoms. The van der Waals surface area contributed by atoms with Crippen LogP contribution < -0.4 is 10.2 Å². The summed E-state index contributed by atoms with van der Waals surface area (Å²) < 4.78 is 3.11. The van der Waals surface area contributed by atoms with E-state index in [1.165, 1.54) is 4.70 Å². The number of imidazole rings is 1. The van der Waals surface area contributed by atoms with E-state index < -0.39 is 0 Å². The fourth-order valence-electron chi connectivity index (χ4n) is 2.88. The zero-order chi connectivity index (χ0) is 18.1. The predicted molar refractivity (Wildman–Crippen MR) is 107 cm³/mol. The Morgan fingerprint density at radius 1 is 1.19 bits per heavy atom. The molecule has 3 aromatic heterocycles. The maximum Gasteiger partial charge on any atom is 0.229 e. The van der Waals surface area contributed by atoms with Crippen LogP contribution in [0.3, 0.4) is 0 Å². The summed E-state index contributed by atoms with van der Waals surface area (Å²) >= 11 is 1.69. The molecule has 26 heavy (non-hydrogen) atoms. The largest absolute Gasteiger partial charge is 0.362 e. The molecule has 0 aliphatic carbocycles. The van der Waals surface area contributed by atoms with E-state index >= 15 is 0 Å². The van der Waals surface area contributed by atoms with E-state index in [1.54, 1.807) is 17.7 Å². The van der Waals surface area contributed by atoms with Crippen LogP contribution in [0.15, 0.2) is 30.6 Å². The number of hydrogen-bond donors (Lipinski definition) is 1. The van der Waals surface area contributed by atoms with Gasteiger partial charge in [0, 0.05) is 20.6 Å². The highest BCUT2D eigenvalue weighted by Crippen LogP contribution is 2.25. The molecule has 0 aliphatic heterocycles. The van der Waals surface area contributed by atoms with Crippen molar-refractivity contribution in [2.45, 2.75) is 19.9 Å². The molecule has 3 heterocycles. The summed E-state index contributed by atoms with van der Waals surface area (Å²) in [7, 11) is 3.96. The summed E-state index contributed by atoms with van der Waals surface area (Å²) in [4.78, 5) is 20.6. The van der Waals surface area contributed by atoms with Crippen molar-refractivity contribution in [3.8, 4) is 0 Å². The number of aryl methyl sites for hydroxylation is 1. The quantitative estimate of drug-likeness (QED) is 0.563. The number of thiazole rings is 1. The molecule has 0 amide bonds. The second kappa shape index (κ2) is 6.87. The topological polar surface area (TPSA) is 71.8 Å². The Bertz CT molecular complexity index is 1020. The number of hydrogen-bond acceptors (Lipinski definition) is 7. The van der Waals surface area contributed by atoms with Gasteiger partial charge in [0.25, 0.3) is 0 Å². The third-order valence-electron chi connectivity index (χ3n) is 4.19. The molecule has 0 saturated carbocycles. The molecule has 0 fully saturated rings. The summed E-state index contributed by atoms with van der Waals surface area (Å²) in [6.45, 7) is 3.66. The van der Waals surface area contributed by atoms with Crippen molar-refractivity contribution in [1.82, 2.24) is 24.5 Å². The average Bonchev–Trinajstić information content (AvgIpc) is 3.23. The Morgan fingerprint density at radius 3 is 2.85 bits per heavy atom. The van der Waals surface area contributed by atoms with E-state index in [-0.39, 0.29) is 0 Å². The Hall–Kier alpha value is -2.74. The molecule has 134 valence electrons. The van der Waals surface area contributed by atoms with E-state index in [2.05, 4.69) is 38.2 Å². The summed E-state index contributed by atoms with van der Waals surface area (Å²) in [5.41, 5.74) is 2.63. The van der Waals surface area contributed by atoms with E-state index in [1.807, 2.05) is 36.9 Å². The Balaban J connectivity index is 1.65. The molecule has 1 aromatic carbocycles. The van der Waals surface area contributed by atoms with Gasteiger partial charge in [0.2, 0.25) is 5.95 Å². The van der Waals surface area contributed by atoms with Crippen molar-refractivity contribution >= 4 is 44.5 Å². The lowest BCUT2D eigenvalue weighted by atomic mass is 10.3. The van der Waals surface area contributed by atoms with Gasteiger partial charge in [0.1, 0.15) is 5.01 Å². The highest BCUT2D eigenvalue weighted by Gasteiger charge is 2.14. The minimum Gasteiger partial charge on any atom is -0.362 e. The highest BCUT2D eigenvalue weighted by molar-refractivity contribution is 7.18. The first-order chi connectivity index (χ1) is 12.7. The molecule has 0 unspecified atom stereocenters. The molecule has 0 aliphatic rings. The van der Waals surface area contributed by atoms with Crippen molar-refractivity contribution < 1.29 is 0 Å². The third kappa shape index (κ3) is 3.08. The standard InChI is InChI=1S/C18H21N7S/c1-4-9-24(2)18-22-16(15-17(23-18)25(3)11-20-15)19-10-14-21-12-7-5-6-8-13(12)26-14/h5-8,11H,4,9-10H2,1-3H3,(H,19,22,23). The molecule has 0 radical (unpaired) electrons. The van der Waals surface area contributed by atoms with Gasteiger partial charge < -0.3 is 14.8 Å². The number of fused-ring (bicyclic) bond motifs is 2. The number of aromatic nitrogens is 5. The van der Waals surface area contributed by atoms with E-state index in [4.69, 9.17) is 4.98 Å². The third-order valence-corrected chi connectivity index (χ3v) is 5.23. The van der Waals surface area contributed by atoms with Crippen LogP contribution in [0.5, 0.6) is 0 Å². The van der Waals surface area contributed by atoms with Crippen LogP contribution in [0.4, 0.5) is 11.8 Å². The lowest BCUT2D eigenvalue weighted by Gasteiger charge is -2.17. The van der Waals surface area contributed by atoms with Crippen LogP contribution in [-0.4, -0.2) is 38.1 Å². The number of rotatable bonds is 6. The molecule has 0 saturated heterocycles. The summed E-state index contributed by atoms with van der Waals surface area (Å²) in [5.74, 6) is 1.45. The SMILES string of the molecule is CCCN(C)c1nc(NCc2nc3ccccc3s2)c2ncn(C)c2n1. The zero-order valence-electron chi connectivity index (χ0n) is 15.1. The molecule has 0 spiro atoms. The number of nitrogens with zero attached hydrogens (tertiary/aromatic N) is 6. The first-order valence-corrected chi connectivity index (χ1v) is 9.46. The van der Waals surface area contributed by atoms with Gasteiger partial charge in [-0.3, -0.25) is 0 Å². The summed E-state index contributed by atoms with van der Waals surface area (Å²) in [6, 6.07) is 8.18. The van der Waals surface area contributed by atoms with Gasteiger partial charge in [0.15, 0.2) is 17.0 Å². The maximum atomic E-state index is 4.71. The molecule has 4 aromatic rings. The Kier molecular flexibility index (Phi) is 4.42. The first kappa shape index (κ1) is 16.7. The highest BCUT2D eigenvalue weighted by atomic mass is 32.1. The minimum atomic E-state index is 0.610. The Labute approximate surface area is 155 Å². The van der Waals surface area contributed by atoms with Crippen LogP contribution >= 0.6 is 11.3 Å². The van der Waals surface area contributed by atoms with Gasteiger partial charge in [0.05, 0.1) is 23.1 Å². The molecule has 0 atom stereocenters. The van der Waals surface area contributed by atoms with Crippen LogP contribution in [0.1, 0.15) is 18.4 Å². The molecular formula is C18H21N7S. The van der Waals surface area contributed by atoms with Gasteiger partial charge in [-0.05, 0) is 18.6 Å². The fraction of sp³-hybridized carbons (Fsp3) is 0.333. The van der Waals surface area contributed by atoms with Crippen molar-refractivity contribution in [3.63, 3.8) is 0 Å². The van der Waals surface area contributed by atoms with Crippen molar-refractivity contribution in [2.24, 2.45) is 7.05 Å². The van der Waals surface area contributed by atoms with E-state index in [0.29, 0.717) is 12.5 Å². The van der Waals surface area contributed by atoms with Gasteiger partial charge in [-0.2, -0.15) is 9.97 Å². The van der Waals surface area contributed by atoms with Gasteiger partial charge >= 0.3 is 0 Å². The summed E-state index contributed by atoms with van der Waals surface area (Å²) in [6.07, 6.45) is 2.81. The van der Waals surface area contributed by atoms with Crippen molar-refractivity contribution in [3.05, 3.63) is 35.6 Å². The predicted octanol–water partition coefficient (Wildman–Crippen LogP) is 3.43. The van der Waals surface area contributed by atoms with Gasteiger partial charge in [-0.15, -0.1) is 11.3 Å². The zero-order valence-corrected chi connectivity index (χ0v) is 15.9. The van der Waals surface area contributed by atoms with E-state index in [9.17, 15) is 0 Å². The van der Waals surface area contributed by atoms with Gasteiger partial charge in [-0.1, -0.05) is 19.1 Å². The molecule has 7 nitrogen and oxygen atoms in total. The Morgan fingerprint density at radius 2 is 2.04 bits per heavy atom. The van der Waals surface area contributed by atoms with Gasteiger partial charge in [-0.25, -0.2) is 9.97 Å². The lowest BCUT2D eigenvalue weighted by molar-refractivity contribution is 0.818. The fourth-order valence-corrected chi connectivity index (χ4v) is 3.79. The second-order valence-corrected chi connectivity index (χ2v) is 7.37. The van der Waals surface area contributed by atoms with Crippen LogP contribution in [0, 0.1) is 0 Å². The van der Waals surface area contributed by atoms with Crippen LogP contribution in [0.25, 0.3) is 21.4 Å². The summed E-state index contributed by atoms with van der Waals surface area (Å²) in [5, 5.41) is 4.44. The maximum absolute atomic E-state index is 4.71. The molecule has 4 rings (SSSR count). The normalized spacial score (nSPS) is 11.3. The van der Waals surface area contributed by atoms with Crippen LogP contribution in [-0.2, 0) is 13.6 Å². The van der Waals surface area contributed by atoms with E-state index in [0.717, 1.165) is 40.5 Å². The smallest absolute Gasteiger partial charge is 0.229 e. The second-order valence-electron chi connectivity index (χ2n) is 6.25. The lowest BCUT2D eigenvalue weighted by Crippen LogP contribution is -2.21. The molecular weight excluding hydrogens is 346 g/mol. The van der Waals surface area contributed by atoms with Crippen LogP contribution in [0.2, 0.25) is 0 Å². The van der Waals surface area contributed by atoms with Crippen molar-refractivity contribution in [1.29, 1.82) is 0 Å². The average molecular weight is 367 g/mol. The minimum absolute atomic E-state index is 0.610. The molecule has 1 N–H and O–H groups in total. The molecule has 8 heteroatoms. The number of para-hydroxylation sites is 1. The number of benzene rings is 1. The number of anilines is 2. The first-order valence-electron chi connectivity index (χ1n) is 8.64. The monoisotopic (exact) mass is 367 g/mol. The van der Waals surface area contributed by atoms with Crippen molar-refractivity contribution in [2.75, 3.05) is 23.8 Å². The number of nitrogens with one attached hydrogen (secondary N) is 1.